The van der Waals surface area contributed by atoms with Gasteiger partial charge in [0, 0.05) is 11.4 Å². The van der Waals surface area contributed by atoms with E-state index >= 15 is 0 Å². The lowest BCUT2D eigenvalue weighted by atomic mass is 10.1. The van der Waals surface area contributed by atoms with Crippen LogP contribution in [0.25, 0.3) is 0 Å². The largest absolute Gasteiger partial charge is 0.321 e. The number of thioether (sulfide) groups is 1. The second-order valence-electron chi connectivity index (χ2n) is 6.63. The number of nitrogens with zero attached hydrogens (tertiary/aromatic N) is 2. The number of carbonyl (C=O) groups excluding carboxylic acids is 2. The summed E-state index contributed by atoms with van der Waals surface area (Å²) in [4.78, 5) is 27.4. The Bertz CT molecular complexity index is 1040. The van der Waals surface area contributed by atoms with Crippen molar-refractivity contribution in [1.29, 1.82) is 5.26 Å². The molecule has 1 aliphatic heterocycles. The monoisotopic (exact) mass is 403 g/mol. The van der Waals surface area contributed by atoms with Crippen LogP contribution < -0.4 is 10.2 Å². The van der Waals surface area contributed by atoms with Crippen LogP contribution in [0.2, 0.25) is 0 Å². The van der Waals surface area contributed by atoms with Gasteiger partial charge in [0.25, 0.3) is 5.91 Å². The minimum absolute atomic E-state index is 0.0836. The van der Waals surface area contributed by atoms with Gasteiger partial charge in [-0.1, -0.05) is 48.2 Å². The summed E-state index contributed by atoms with van der Waals surface area (Å²) in [6.07, 6.45) is 2.12. The van der Waals surface area contributed by atoms with Crippen LogP contribution in [-0.2, 0) is 9.59 Å². The number of amides is 2. The minimum atomic E-state index is -0.531. The smallest absolute Gasteiger partial charge is 0.269 e. The van der Waals surface area contributed by atoms with Gasteiger partial charge in [0.15, 0.2) is 0 Å². The fraction of sp³-hybridized carbons (Fsp3) is 0.174. The Morgan fingerprint density at radius 3 is 2.62 bits per heavy atom. The first-order chi connectivity index (χ1) is 14.0. The number of para-hydroxylation sites is 1. The first kappa shape index (κ1) is 20.4. The number of aryl methyl sites for hydroxylation is 1. The van der Waals surface area contributed by atoms with Crippen LogP contribution in [-0.4, -0.2) is 17.1 Å². The molecule has 0 unspecified atom stereocenters. The van der Waals surface area contributed by atoms with Gasteiger partial charge in [-0.15, -0.1) is 6.58 Å². The molecule has 1 aliphatic rings. The topological polar surface area (TPSA) is 73.2 Å². The van der Waals surface area contributed by atoms with Gasteiger partial charge in [-0.3, -0.25) is 14.5 Å². The van der Waals surface area contributed by atoms with Crippen molar-refractivity contribution < 1.29 is 9.59 Å². The molecule has 2 aromatic rings. The van der Waals surface area contributed by atoms with Gasteiger partial charge in [0.2, 0.25) is 5.91 Å². The number of nitriles is 1. The van der Waals surface area contributed by atoms with Crippen LogP contribution in [0.5, 0.6) is 0 Å². The fourth-order valence-electron chi connectivity index (χ4n) is 3.04. The number of allylic oxidation sites excluding steroid dienone is 1. The van der Waals surface area contributed by atoms with Crippen LogP contribution in [0.15, 0.2) is 71.8 Å². The summed E-state index contributed by atoms with van der Waals surface area (Å²) in [5.74, 6) is -0.694. The molecule has 1 N–H and O–H groups in total. The Morgan fingerprint density at radius 2 is 1.97 bits per heavy atom. The zero-order valence-corrected chi connectivity index (χ0v) is 17.1. The number of rotatable bonds is 5. The van der Waals surface area contributed by atoms with E-state index in [4.69, 9.17) is 0 Å². The minimum Gasteiger partial charge on any atom is -0.321 e. The van der Waals surface area contributed by atoms with Crippen molar-refractivity contribution in [2.75, 3.05) is 10.2 Å². The van der Waals surface area contributed by atoms with Crippen LogP contribution in [0, 0.1) is 25.2 Å². The Labute approximate surface area is 174 Å². The van der Waals surface area contributed by atoms with Crippen LogP contribution in [0.1, 0.15) is 17.5 Å². The van der Waals surface area contributed by atoms with Gasteiger partial charge in [-0.05, 0) is 49.6 Å². The maximum Gasteiger partial charge on any atom is 0.269 e. The molecule has 0 aromatic heterocycles. The molecule has 29 heavy (non-hydrogen) atoms. The van der Waals surface area contributed by atoms with Crippen LogP contribution in [0.4, 0.5) is 11.4 Å². The molecule has 0 saturated carbocycles. The summed E-state index contributed by atoms with van der Waals surface area (Å²) >= 11 is 1.23. The van der Waals surface area contributed by atoms with Gasteiger partial charge < -0.3 is 5.32 Å². The number of benzene rings is 2. The highest BCUT2D eigenvalue weighted by Crippen LogP contribution is 2.42. The quantitative estimate of drug-likeness (QED) is 0.446. The summed E-state index contributed by atoms with van der Waals surface area (Å²) in [5.41, 5.74) is 3.16. The van der Waals surface area contributed by atoms with E-state index < -0.39 is 11.2 Å². The van der Waals surface area contributed by atoms with E-state index in [9.17, 15) is 14.9 Å². The highest BCUT2D eigenvalue weighted by atomic mass is 32.2. The lowest BCUT2D eigenvalue weighted by Gasteiger charge is -2.18. The number of anilines is 2. The molecule has 2 amide bonds. The Kier molecular flexibility index (Phi) is 6.20. The zero-order valence-electron chi connectivity index (χ0n) is 16.3. The Hall–Kier alpha value is -3.30. The van der Waals surface area contributed by atoms with E-state index in [-0.39, 0.29) is 11.5 Å². The van der Waals surface area contributed by atoms with Crippen molar-refractivity contribution in [3.63, 3.8) is 0 Å². The molecule has 1 atom stereocenters. The van der Waals surface area contributed by atoms with Crippen molar-refractivity contribution in [3.05, 3.63) is 82.9 Å². The fourth-order valence-corrected chi connectivity index (χ4v) is 4.31. The third kappa shape index (κ3) is 4.10. The normalized spacial score (nSPS) is 17.6. The van der Waals surface area contributed by atoms with E-state index in [1.807, 2.05) is 50.2 Å². The molecule has 0 aliphatic carbocycles. The molecule has 146 valence electrons. The predicted octanol–water partition coefficient (Wildman–Crippen LogP) is 4.70. The van der Waals surface area contributed by atoms with E-state index in [1.54, 1.807) is 24.3 Å². The van der Waals surface area contributed by atoms with Gasteiger partial charge in [-0.25, -0.2) is 0 Å². The first-order valence-electron chi connectivity index (χ1n) is 9.16. The first-order valence-corrected chi connectivity index (χ1v) is 10.0. The molecule has 5 nitrogen and oxygen atoms in total. The number of hydrogen-bond donors (Lipinski definition) is 1. The summed E-state index contributed by atoms with van der Waals surface area (Å²) in [5, 5.41) is 12.5. The molecule has 0 radical (unpaired) electrons. The summed E-state index contributed by atoms with van der Waals surface area (Å²) in [6, 6.07) is 16.6. The molecule has 3 rings (SSSR count). The van der Waals surface area contributed by atoms with Crippen molar-refractivity contribution >= 4 is 35.0 Å². The van der Waals surface area contributed by atoms with Crippen molar-refractivity contribution in [2.24, 2.45) is 0 Å². The van der Waals surface area contributed by atoms with Gasteiger partial charge in [0.05, 0.1) is 5.25 Å². The maximum atomic E-state index is 13.0. The number of hydrogen-bond acceptors (Lipinski definition) is 4. The van der Waals surface area contributed by atoms with Crippen LogP contribution in [0.3, 0.4) is 0 Å². The van der Waals surface area contributed by atoms with Crippen LogP contribution >= 0.6 is 11.8 Å². The van der Waals surface area contributed by atoms with Crippen molar-refractivity contribution in [3.8, 4) is 6.07 Å². The zero-order chi connectivity index (χ0) is 21.0. The molecular formula is C23H21N3O2S. The third-order valence-electron chi connectivity index (χ3n) is 4.75. The average molecular weight is 404 g/mol. The van der Waals surface area contributed by atoms with E-state index in [0.29, 0.717) is 22.8 Å². The Morgan fingerprint density at radius 1 is 1.24 bits per heavy atom. The molecule has 0 bridgehead atoms. The summed E-state index contributed by atoms with van der Waals surface area (Å²) < 4.78 is 0. The molecule has 6 heteroatoms. The van der Waals surface area contributed by atoms with Crippen molar-refractivity contribution in [2.45, 2.75) is 25.5 Å². The SMILES string of the molecule is C=CC[C@H]1S/C(=C(\C#N)C(=O)Nc2cccc(C)c2C)N(c2ccccc2)C1=O. The lowest BCUT2D eigenvalue weighted by Crippen LogP contribution is -2.29. The number of carbonyl (C=O) groups is 2. The highest BCUT2D eigenvalue weighted by molar-refractivity contribution is 8.05. The van der Waals surface area contributed by atoms with Gasteiger partial charge >= 0.3 is 0 Å². The van der Waals surface area contributed by atoms with E-state index in [2.05, 4.69) is 11.9 Å². The Balaban J connectivity index is 2.04. The molecule has 2 aromatic carbocycles. The van der Waals surface area contributed by atoms with E-state index in [1.165, 1.54) is 16.7 Å². The maximum absolute atomic E-state index is 13.0. The molecule has 0 spiro atoms. The summed E-state index contributed by atoms with van der Waals surface area (Å²) in [7, 11) is 0. The van der Waals surface area contributed by atoms with Gasteiger partial charge in [0.1, 0.15) is 16.7 Å². The summed E-state index contributed by atoms with van der Waals surface area (Å²) in [6.45, 7) is 7.58. The van der Waals surface area contributed by atoms with E-state index in [0.717, 1.165) is 11.1 Å². The number of nitrogens with one attached hydrogen (secondary N) is 1. The lowest BCUT2D eigenvalue weighted by molar-refractivity contribution is -0.117. The second-order valence-corrected chi connectivity index (χ2v) is 7.83. The molecule has 1 fully saturated rings. The average Bonchev–Trinajstić information content (AvgIpc) is 3.03. The molecule has 1 heterocycles. The predicted molar refractivity (Wildman–Crippen MR) is 117 cm³/mol. The molecular weight excluding hydrogens is 382 g/mol. The van der Waals surface area contributed by atoms with Gasteiger partial charge in [-0.2, -0.15) is 5.26 Å². The molecule has 1 saturated heterocycles. The van der Waals surface area contributed by atoms with Crippen molar-refractivity contribution in [1.82, 2.24) is 0 Å². The highest BCUT2D eigenvalue weighted by Gasteiger charge is 2.40. The third-order valence-corrected chi connectivity index (χ3v) is 6.04. The second kappa shape index (κ2) is 8.80. The standard InChI is InChI=1S/C23H21N3O2S/c1-4-9-20-22(28)26(17-11-6-5-7-12-17)23(29-20)18(14-24)21(27)25-19-13-8-10-15(2)16(19)3/h4-8,10-13,20H,1,9H2,2-3H3,(H,25,27)/b23-18+/t20-/m1/s1.